The lowest BCUT2D eigenvalue weighted by Gasteiger charge is -2.08. The van der Waals surface area contributed by atoms with Crippen LogP contribution in [0.2, 0.25) is 0 Å². The van der Waals surface area contributed by atoms with Crippen LogP contribution in [-0.2, 0) is 13.6 Å². The second kappa shape index (κ2) is 6.41. The number of hydrogen-bond acceptors (Lipinski definition) is 3. The minimum absolute atomic E-state index is 0.217. The van der Waals surface area contributed by atoms with Gasteiger partial charge in [0.1, 0.15) is 11.4 Å². The van der Waals surface area contributed by atoms with E-state index in [1.807, 2.05) is 29.1 Å². The van der Waals surface area contributed by atoms with Crippen molar-refractivity contribution in [3.8, 4) is 5.82 Å². The van der Waals surface area contributed by atoms with Crippen LogP contribution in [0, 0.1) is 0 Å². The Bertz CT molecular complexity index is 863. The molecule has 7 nitrogen and oxygen atoms in total. The molecule has 0 radical (unpaired) electrons. The smallest absolute Gasteiger partial charge is 0.256 e. The van der Waals surface area contributed by atoms with Crippen molar-refractivity contribution in [3.05, 3.63) is 71.7 Å². The van der Waals surface area contributed by atoms with Crippen LogP contribution in [0.4, 0.5) is 0 Å². The zero-order chi connectivity index (χ0) is 17.1. The van der Waals surface area contributed by atoms with Crippen LogP contribution >= 0.6 is 0 Å². The number of carbonyl (C=O) groups is 2. The molecule has 0 aliphatic rings. The van der Waals surface area contributed by atoms with Gasteiger partial charge in [-0.2, -0.15) is 5.10 Å². The van der Waals surface area contributed by atoms with E-state index in [2.05, 4.69) is 10.4 Å². The van der Waals surface area contributed by atoms with E-state index < -0.39 is 5.91 Å². The van der Waals surface area contributed by atoms with Gasteiger partial charge in [0, 0.05) is 31.5 Å². The molecule has 0 unspecified atom stereocenters. The van der Waals surface area contributed by atoms with Gasteiger partial charge in [-0.1, -0.05) is 12.1 Å². The topological polar surface area (TPSA) is 94.9 Å². The highest BCUT2D eigenvalue weighted by Crippen LogP contribution is 2.14. The molecule has 122 valence electrons. The summed E-state index contributed by atoms with van der Waals surface area (Å²) < 4.78 is 3.49. The van der Waals surface area contributed by atoms with E-state index in [9.17, 15) is 9.59 Å². The van der Waals surface area contributed by atoms with Crippen molar-refractivity contribution in [1.82, 2.24) is 19.7 Å². The van der Waals surface area contributed by atoms with Crippen LogP contribution < -0.4 is 11.1 Å². The number of aryl methyl sites for hydroxylation is 1. The summed E-state index contributed by atoms with van der Waals surface area (Å²) in [5, 5.41) is 7.02. The fourth-order valence-corrected chi connectivity index (χ4v) is 2.44. The molecule has 0 aliphatic carbocycles. The van der Waals surface area contributed by atoms with Crippen LogP contribution in [0.15, 0.2) is 55.0 Å². The normalized spacial score (nSPS) is 10.5. The van der Waals surface area contributed by atoms with Gasteiger partial charge in [-0.05, 0) is 29.8 Å². The van der Waals surface area contributed by atoms with Crippen LogP contribution in [0.25, 0.3) is 5.82 Å². The molecule has 0 aliphatic heterocycles. The number of amides is 2. The van der Waals surface area contributed by atoms with E-state index in [1.165, 1.54) is 0 Å². The maximum Gasteiger partial charge on any atom is 0.256 e. The molecule has 0 saturated carbocycles. The van der Waals surface area contributed by atoms with Crippen molar-refractivity contribution in [2.75, 3.05) is 0 Å². The molecule has 0 fully saturated rings. The van der Waals surface area contributed by atoms with Crippen LogP contribution in [-0.4, -0.2) is 26.2 Å². The van der Waals surface area contributed by atoms with E-state index in [1.54, 1.807) is 42.2 Å². The Balaban J connectivity index is 1.73. The molecule has 24 heavy (non-hydrogen) atoms. The number of nitrogens with zero attached hydrogens (tertiary/aromatic N) is 3. The standard InChI is InChI=1S/C17H17N5O2/c1-21-17(22-8-2-3-9-22)14(11-20-21)16(24)19-10-12-4-6-13(7-5-12)15(18)23/h2-9,11H,10H2,1H3,(H2,18,23)(H,19,24). The highest BCUT2D eigenvalue weighted by Gasteiger charge is 2.17. The fourth-order valence-electron chi connectivity index (χ4n) is 2.44. The number of aromatic nitrogens is 3. The first-order valence-corrected chi connectivity index (χ1v) is 7.38. The quantitative estimate of drug-likeness (QED) is 0.739. The van der Waals surface area contributed by atoms with Gasteiger partial charge in [0.05, 0.1) is 6.20 Å². The van der Waals surface area contributed by atoms with Gasteiger partial charge in [-0.25, -0.2) is 0 Å². The lowest BCUT2D eigenvalue weighted by Crippen LogP contribution is -2.24. The monoisotopic (exact) mass is 323 g/mol. The summed E-state index contributed by atoms with van der Waals surface area (Å²) in [6, 6.07) is 10.6. The second-order valence-electron chi connectivity index (χ2n) is 5.34. The summed E-state index contributed by atoms with van der Waals surface area (Å²) in [6.45, 7) is 0.345. The van der Waals surface area contributed by atoms with Crippen LogP contribution in [0.5, 0.6) is 0 Å². The maximum atomic E-state index is 12.5. The second-order valence-corrected chi connectivity index (χ2v) is 5.34. The highest BCUT2D eigenvalue weighted by atomic mass is 16.2. The summed E-state index contributed by atoms with van der Waals surface area (Å²) in [5.41, 5.74) is 7.01. The number of rotatable bonds is 5. The first kappa shape index (κ1) is 15.5. The van der Waals surface area contributed by atoms with Crippen LogP contribution in [0.1, 0.15) is 26.3 Å². The Morgan fingerprint density at radius 2 is 1.83 bits per heavy atom. The number of benzene rings is 1. The van der Waals surface area contributed by atoms with Crippen LogP contribution in [0.3, 0.4) is 0 Å². The predicted octanol–water partition coefficient (Wildman–Crippen LogP) is 1.24. The number of nitrogens with one attached hydrogen (secondary N) is 1. The average Bonchev–Trinajstić information content (AvgIpc) is 3.22. The first-order chi connectivity index (χ1) is 11.6. The molecular formula is C17H17N5O2. The molecule has 0 bridgehead atoms. The van der Waals surface area contributed by atoms with E-state index in [-0.39, 0.29) is 5.91 Å². The van der Waals surface area contributed by atoms with Crippen molar-refractivity contribution in [1.29, 1.82) is 0 Å². The fraction of sp³-hybridized carbons (Fsp3) is 0.118. The Morgan fingerprint density at radius 1 is 1.17 bits per heavy atom. The molecule has 7 heteroatoms. The van der Waals surface area contributed by atoms with Gasteiger partial charge in [-0.15, -0.1) is 0 Å². The van der Waals surface area contributed by atoms with E-state index in [0.717, 1.165) is 5.56 Å². The third kappa shape index (κ3) is 3.05. The van der Waals surface area contributed by atoms with E-state index in [0.29, 0.717) is 23.5 Å². The van der Waals surface area contributed by atoms with Gasteiger partial charge in [0.15, 0.2) is 0 Å². The van der Waals surface area contributed by atoms with E-state index >= 15 is 0 Å². The van der Waals surface area contributed by atoms with Crippen molar-refractivity contribution in [2.24, 2.45) is 12.8 Å². The van der Waals surface area contributed by atoms with Crippen molar-refractivity contribution in [3.63, 3.8) is 0 Å². The molecule has 1 aromatic carbocycles. The minimum atomic E-state index is -0.475. The Kier molecular flexibility index (Phi) is 4.15. The summed E-state index contributed by atoms with van der Waals surface area (Å²) in [6.07, 6.45) is 5.26. The molecule has 3 N–H and O–H groups in total. The predicted molar refractivity (Wildman–Crippen MR) is 88.7 cm³/mol. The number of carbonyl (C=O) groups excluding carboxylic acids is 2. The summed E-state index contributed by atoms with van der Waals surface area (Å²) in [7, 11) is 1.79. The lowest BCUT2D eigenvalue weighted by molar-refractivity contribution is 0.0949. The summed E-state index contributed by atoms with van der Waals surface area (Å²) in [5.74, 6) is 0.00432. The highest BCUT2D eigenvalue weighted by molar-refractivity contribution is 5.97. The third-order valence-corrected chi connectivity index (χ3v) is 3.69. The number of nitrogens with two attached hydrogens (primary N) is 1. The molecule has 0 spiro atoms. The molecule has 2 aromatic heterocycles. The van der Waals surface area contributed by atoms with Crippen molar-refractivity contribution in [2.45, 2.75) is 6.54 Å². The zero-order valence-electron chi connectivity index (χ0n) is 13.1. The van der Waals surface area contributed by atoms with Gasteiger partial charge in [0.2, 0.25) is 5.91 Å². The zero-order valence-corrected chi connectivity index (χ0v) is 13.1. The molecule has 2 amide bonds. The molecule has 0 atom stereocenters. The summed E-state index contributed by atoms with van der Waals surface area (Å²) in [4.78, 5) is 23.5. The number of primary amides is 1. The maximum absolute atomic E-state index is 12.5. The first-order valence-electron chi connectivity index (χ1n) is 7.38. The molecular weight excluding hydrogens is 306 g/mol. The molecule has 2 heterocycles. The van der Waals surface area contributed by atoms with Gasteiger partial charge >= 0.3 is 0 Å². The average molecular weight is 323 g/mol. The minimum Gasteiger partial charge on any atom is -0.366 e. The van der Waals surface area contributed by atoms with Crippen molar-refractivity contribution >= 4 is 11.8 Å². The molecule has 3 rings (SSSR count). The third-order valence-electron chi connectivity index (χ3n) is 3.69. The lowest BCUT2D eigenvalue weighted by atomic mass is 10.1. The largest absolute Gasteiger partial charge is 0.366 e. The SMILES string of the molecule is Cn1ncc(C(=O)NCc2ccc(C(N)=O)cc2)c1-n1cccc1. The Labute approximate surface area is 138 Å². The van der Waals surface area contributed by atoms with E-state index in [4.69, 9.17) is 5.73 Å². The Hall–Kier alpha value is -3.35. The summed E-state index contributed by atoms with van der Waals surface area (Å²) >= 11 is 0. The van der Waals surface area contributed by atoms with Crippen molar-refractivity contribution < 1.29 is 9.59 Å². The number of hydrogen-bond donors (Lipinski definition) is 2. The van der Waals surface area contributed by atoms with Gasteiger partial charge < -0.3 is 15.6 Å². The van der Waals surface area contributed by atoms with Gasteiger partial charge in [0.25, 0.3) is 5.91 Å². The van der Waals surface area contributed by atoms with Gasteiger partial charge in [-0.3, -0.25) is 14.3 Å². The molecule has 0 saturated heterocycles. The Morgan fingerprint density at radius 3 is 2.46 bits per heavy atom. The molecule has 3 aromatic rings.